The van der Waals surface area contributed by atoms with Gasteiger partial charge in [0.15, 0.2) is 0 Å². The third kappa shape index (κ3) is 6.31. The summed E-state index contributed by atoms with van der Waals surface area (Å²) in [4.78, 5) is 12.0. The number of ether oxygens (including phenoxy) is 2. The first kappa shape index (κ1) is 24.7. The quantitative estimate of drug-likeness (QED) is 0.535. The summed E-state index contributed by atoms with van der Waals surface area (Å²) in [6.45, 7) is 3.95. The molecular formula is C26H31N3O3S. The molecule has 3 N–H and O–H groups in total. The smallest absolute Gasteiger partial charge is 0.246 e. The van der Waals surface area contributed by atoms with Gasteiger partial charge < -0.3 is 20.5 Å². The van der Waals surface area contributed by atoms with E-state index in [1.54, 1.807) is 18.0 Å². The maximum absolute atomic E-state index is 12.0. The molecule has 2 aromatic rings. The van der Waals surface area contributed by atoms with Crippen LogP contribution in [0.15, 0.2) is 48.7 Å². The van der Waals surface area contributed by atoms with Gasteiger partial charge in [0.05, 0.1) is 17.7 Å². The molecule has 0 spiro atoms. The van der Waals surface area contributed by atoms with Crippen LogP contribution in [0, 0.1) is 11.3 Å². The highest BCUT2D eigenvalue weighted by Crippen LogP contribution is 2.41. The third-order valence-corrected chi connectivity index (χ3v) is 6.74. The highest BCUT2D eigenvalue weighted by molar-refractivity contribution is 7.98. The molecule has 6 nitrogen and oxygen atoms in total. The molecule has 0 aromatic heterocycles. The Kier molecular flexibility index (Phi) is 8.81. The molecule has 2 unspecified atom stereocenters. The largest absolute Gasteiger partial charge is 0.490 e. The molecule has 2 atom stereocenters. The lowest BCUT2D eigenvalue weighted by molar-refractivity contribution is -0.125. The molecule has 1 amide bonds. The lowest BCUT2D eigenvalue weighted by Crippen LogP contribution is -2.30. The summed E-state index contributed by atoms with van der Waals surface area (Å²) in [7, 11) is 1.52. The summed E-state index contributed by atoms with van der Waals surface area (Å²) < 4.78 is 10.7. The van der Waals surface area contributed by atoms with Crippen molar-refractivity contribution in [3.8, 4) is 11.8 Å². The van der Waals surface area contributed by atoms with Crippen LogP contribution in [0.25, 0.3) is 0 Å². The van der Waals surface area contributed by atoms with Gasteiger partial charge in [-0.1, -0.05) is 30.3 Å². The highest BCUT2D eigenvalue weighted by atomic mass is 32.2. The summed E-state index contributed by atoms with van der Waals surface area (Å²) in [6, 6.07) is 14.3. The minimum atomic E-state index is -0.105. The number of thioether (sulfide) groups is 1. The van der Waals surface area contributed by atoms with Crippen molar-refractivity contribution in [2.24, 2.45) is 5.73 Å². The van der Waals surface area contributed by atoms with E-state index >= 15 is 0 Å². The zero-order chi connectivity index (χ0) is 23.8. The lowest BCUT2D eigenvalue weighted by atomic mass is 9.99. The Balaban J connectivity index is 1.78. The van der Waals surface area contributed by atoms with Crippen LogP contribution in [0.2, 0.25) is 0 Å². The zero-order valence-corrected chi connectivity index (χ0v) is 20.2. The van der Waals surface area contributed by atoms with Crippen LogP contribution in [0.5, 0.6) is 5.75 Å². The maximum atomic E-state index is 12.0. The van der Waals surface area contributed by atoms with Crippen molar-refractivity contribution >= 4 is 17.7 Å². The summed E-state index contributed by atoms with van der Waals surface area (Å²) in [5.41, 5.74) is 11.0. The number of amides is 1. The van der Waals surface area contributed by atoms with Gasteiger partial charge in [0.2, 0.25) is 5.91 Å². The number of methoxy groups -OCH3 is 1. The van der Waals surface area contributed by atoms with Gasteiger partial charge in [-0.3, -0.25) is 4.79 Å². The van der Waals surface area contributed by atoms with E-state index in [2.05, 4.69) is 23.5 Å². The molecule has 0 aliphatic heterocycles. The fourth-order valence-corrected chi connectivity index (χ4v) is 5.27. The van der Waals surface area contributed by atoms with E-state index in [1.165, 1.54) is 18.2 Å². The maximum Gasteiger partial charge on any atom is 0.246 e. The normalized spacial score (nSPS) is 15.9. The van der Waals surface area contributed by atoms with Crippen molar-refractivity contribution in [3.63, 3.8) is 0 Å². The molecule has 3 rings (SSSR count). The van der Waals surface area contributed by atoms with Gasteiger partial charge in [-0.25, -0.2) is 0 Å². The van der Waals surface area contributed by atoms with Crippen molar-refractivity contribution in [2.45, 2.75) is 49.8 Å². The standard InChI is InChI=1S/C26H31N3O3S/c1-17(2)32-24-10-7-18(13-19(24)14-28)16-33-25(11-12-27)22-6-4-5-21-20(22)8-9-23(21)29-26(30)15-31-3/h4-7,10-13,17,23,25H,8-9,15-16,27H2,1-3H3,(H,29,30). The molecule has 0 bridgehead atoms. The van der Waals surface area contributed by atoms with Gasteiger partial charge in [-0.15, -0.1) is 11.8 Å². The number of carbonyl (C=O) groups is 1. The molecule has 7 heteroatoms. The van der Waals surface area contributed by atoms with Gasteiger partial charge in [-0.05, 0) is 67.3 Å². The number of nitriles is 1. The van der Waals surface area contributed by atoms with E-state index in [4.69, 9.17) is 15.2 Å². The summed E-state index contributed by atoms with van der Waals surface area (Å²) in [5, 5.41) is 12.7. The molecule has 0 saturated heterocycles. The molecule has 1 aliphatic carbocycles. The SMILES string of the molecule is COCC(=O)NC1CCc2c1cccc2C(C=CN)SCc1ccc(OC(C)C)c(C#N)c1. The Hall–Kier alpha value is -2.95. The third-order valence-electron chi connectivity index (χ3n) is 5.47. The van der Waals surface area contributed by atoms with E-state index in [9.17, 15) is 10.1 Å². The summed E-state index contributed by atoms with van der Waals surface area (Å²) in [6.07, 6.45) is 5.37. The van der Waals surface area contributed by atoms with Crippen LogP contribution in [-0.4, -0.2) is 25.7 Å². The lowest BCUT2D eigenvalue weighted by Gasteiger charge is -2.19. The molecule has 2 aromatic carbocycles. The van der Waals surface area contributed by atoms with Crippen LogP contribution in [0.3, 0.4) is 0 Å². The molecule has 0 fully saturated rings. The highest BCUT2D eigenvalue weighted by Gasteiger charge is 2.27. The molecule has 0 radical (unpaired) electrons. The molecule has 174 valence electrons. The van der Waals surface area contributed by atoms with E-state index in [0.29, 0.717) is 11.3 Å². The second-order valence-corrected chi connectivity index (χ2v) is 9.36. The Morgan fingerprint density at radius 3 is 2.88 bits per heavy atom. The molecule has 1 aliphatic rings. The molecular weight excluding hydrogens is 434 g/mol. The molecule has 0 heterocycles. The van der Waals surface area contributed by atoms with Crippen LogP contribution >= 0.6 is 11.8 Å². The van der Waals surface area contributed by atoms with Crippen molar-refractivity contribution < 1.29 is 14.3 Å². The average Bonchev–Trinajstić information content (AvgIpc) is 3.20. The van der Waals surface area contributed by atoms with Gasteiger partial charge in [0.1, 0.15) is 18.4 Å². The van der Waals surface area contributed by atoms with Crippen molar-refractivity contribution in [2.75, 3.05) is 13.7 Å². The zero-order valence-electron chi connectivity index (χ0n) is 19.3. The topological polar surface area (TPSA) is 97.4 Å². The number of rotatable bonds is 10. The minimum Gasteiger partial charge on any atom is -0.490 e. The van der Waals surface area contributed by atoms with Gasteiger partial charge in [0.25, 0.3) is 0 Å². The van der Waals surface area contributed by atoms with Gasteiger partial charge in [-0.2, -0.15) is 5.26 Å². The van der Waals surface area contributed by atoms with E-state index in [-0.39, 0.29) is 29.9 Å². The number of carbonyl (C=O) groups excluding carboxylic acids is 1. The van der Waals surface area contributed by atoms with Gasteiger partial charge in [0, 0.05) is 18.1 Å². The Morgan fingerprint density at radius 2 is 2.18 bits per heavy atom. The number of hydrogen-bond donors (Lipinski definition) is 2. The number of nitrogens with zero attached hydrogens (tertiary/aromatic N) is 1. The first-order chi connectivity index (χ1) is 16.0. The average molecular weight is 466 g/mol. The Morgan fingerprint density at radius 1 is 1.36 bits per heavy atom. The minimum absolute atomic E-state index is 0.00166. The van der Waals surface area contributed by atoms with Crippen LogP contribution in [-0.2, 0) is 21.7 Å². The number of nitrogens with one attached hydrogen (secondary N) is 1. The van der Waals surface area contributed by atoms with Crippen LogP contribution in [0.1, 0.15) is 59.4 Å². The van der Waals surface area contributed by atoms with E-state index < -0.39 is 0 Å². The first-order valence-electron chi connectivity index (χ1n) is 11.1. The number of fused-ring (bicyclic) bond motifs is 1. The number of benzene rings is 2. The second kappa shape index (κ2) is 11.8. The summed E-state index contributed by atoms with van der Waals surface area (Å²) in [5.74, 6) is 1.23. The second-order valence-electron chi connectivity index (χ2n) is 8.23. The molecule has 33 heavy (non-hydrogen) atoms. The number of hydrogen-bond acceptors (Lipinski definition) is 6. The van der Waals surface area contributed by atoms with E-state index in [1.807, 2.05) is 44.2 Å². The van der Waals surface area contributed by atoms with Crippen LogP contribution in [0.4, 0.5) is 0 Å². The fraction of sp³-hybridized carbons (Fsp3) is 0.385. The fourth-order valence-electron chi connectivity index (χ4n) is 4.11. The first-order valence-corrected chi connectivity index (χ1v) is 12.1. The predicted octanol–water partition coefficient (Wildman–Crippen LogP) is 4.54. The van der Waals surface area contributed by atoms with Crippen molar-refractivity contribution in [1.29, 1.82) is 5.26 Å². The van der Waals surface area contributed by atoms with Gasteiger partial charge >= 0.3 is 0 Å². The monoisotopic (exact) mass is 465 g/mol. The number of nitrogens with two attached hydrogens (primary N) is 1. The van der Waals surface area contributed by atoms with Crippen molar-refractivity contribution in [3.05, 3.63) is 76.5 Å². The summed E-state index contributed by atoms with van der Waals surface area (Å²) >= 11 is 1.76. The van der Waals surface area contributed by atoms with Crippen molar-refractivity contribution in [1.82, 2.24) is 5.32 Å². The Bertz CT molecular complexity index is 1050. The van der Waals surface area contributed by atoms with Crippen LogP contribution < -0.4 is 15.8 Å². The molecule has 0 saturated carbocycles. The Labute approximate surface area is 200 Å². The predicted molar refractivity (Wildman–Crippen MR) is 132 cm³/mol. The van der Waals surface area contributed by atoms with E-state index in [0.717, 1.165) is 29.7 Å².